The summed E-state index contributed by atoms with van der Waals surface area (Å²) in [5.74, 6) is 0.0446. The molecule has 2 saturated heterocycles. The maximum absolute atomic E-state index is 14.0. The van der Waals surface area contributed by atoms with Gasteiger partial charge in [0.05, 0.1) is 17.5 Å². The largest absolute Gasteiger partial charge is 0.352 e. The van der Waals surface area contributed by atoms with E-state index in [0.29, 0.717) is 35.4 Å². The fraction of sp³-hybridized carbons (Fsp3) is 0.524. The highest BCUT2D eigenvalue weighted by molar-refractivity contribution is 5.95. The van der Waals surface area contributed by atoms with Crippen molar-refractivity contribution < 1.29 is 9.18 Å². The Balaban J connectivity index is 1.44. The predicted molar refractivity (Wildman–Crippen MR) is 103 cm³/mol. The van der Waals surface area contributed by atoms with Gasteiger partial charge in [-0.05, 0) is 63.7 Å². The lowest BCUT2D eigenvalue weighted by Crippen LogP contribution is -2.51. The van der Waals surface area contributed by atoms with Crippen LogP contribution >= 0.6 is 0 Å². The lowest BCUT2D eigenvalue weighted by molar-refractivity contribution is 0.0575. The van der Waals surface area contributed by atoms with Crippen LogP contribution in [-0.2, 0) is 0 Å². The molecule has 0 saturated carbocycles. The van der Waals surface area contributed by atoms with Crippen molar-refractivity contribution in [1.29, 1.82) is 0 Å². The van der Waals surface area contributed by atoms with Crippen LogP contribution in [0.2, 0.25) is 0 Å². The van der Waals surface area contributed by atoms with Gasteiger partial charge in [-0.15, -0.1) is 0 Å². The van der Waals surface area contributed by atoms with Crippen molar-refractivity contribution in [3.05, 3.63) is 47.5 Å². The van der Waals surface area contributed by atoms with E-state index in [1.54, 1.807) is 25.1 Å². The number of fused-ring (bicyclic) bond motifs is 1. The van der Waals surface area contributed by atoms with Gasteiger partial charge < -0.3 is 10.2 Å². The van der Waals surface area contributed by atoms with Gasteiger partial charge in [-0.3, -0.25) is 4.79 Å². The van der Waals surface area contributed by atoms with Gasteiger partial charge in [-0.25, -0.2) is 9.07 Å². The molecular formula is C21H27FN4O. The maximum atomic E-state index is 14.0. The molecule has 27 heavy (non-hydrogen) atoms. The zero-order chi connectivity index (χ0) is 18.8. The molecule has 2 atom stereocenters. The highest BCUT2D eigenvalue weighted by atomic mass is 19.1. The van der Waals surface area contributed by atoms with E-state index in [4.69, 9.17) is 0 Å². The van der Waals surface area contributed by atoms with E-state index in [1.165, 1.54) is 62.1 Å². The summed E-state index contributed by atoms with van der Waals surface area (Å²) in [6, 6.07) is 7.07. The summed E-state index contributed by atoms with van der Waals surface area (Å²) in [5.41, 5.74) is 1.52. The van der Waals surface area contributed by atoms with Crippen molar-refractivity contribution in [2.75, 3.05) is 19.6 Å². The quantitative estimate of drug-likeness (QED) is 0.898. The zero-order valence-corrected chi connectivity index (χ0v) is 15.8. The summed E-state index contributed by atoms with van der Waals surface area (Å²) < 4.78 is 15.5. The molecule has 1 aromatic heterocycles. The first-order chi connectivity index (χ1) is 13.1. The van der Waals surface area contributed by atoms with Gasteiger partial charge >= 0.3 is 0 Å². The molecule has 1 aromatic carbocycles. The number of carbonyl (C=O) groups is 1. The third-order valence-corrected chi connectivity index (χ3v) is 6.09. The van der Waals surface area contributed by atoms with Crippen molar-refractivity contribution >= 4 is 5.91 Å². The number of halogens is 1. The van der Waals surface area contributed by atoms with Gasteiger partial charge in [-0.1, -0.05) is 18.6 Å². The molecule has 1 unspecified atom stereocenters. The molecule has 2 fully saturated rings. The second kappa shape index (κ2) is 7.80. The number of para-hydroxylation sites is 1. The van der Waals surface area contributed by atoms with Crippen molar-refractivity contribution in [3.63, 3.8) is 0 Å². The van der Waals surface area contributed by atoms with E-state index in [0.717, 1.165) is 0 Å². The second-order valence-corrected chi connectivity index (χ2v) is 7.72. The molecule has 0 bridgehead atoms. The summed E-state index contributed by atoms with van der Waals surface area (Å²) in [5, 5.41) is 7.35. The number of amides is 1. The second-order valence-electron chi connectivity index (χ2n) is 7.72. The predicted octanol–water partition coefficient (Wildman–Crippen LogP) is 3.31. The van der Waals surface area contributed by atoms with Crippen LogP contribution in [0.1, 0.15) is 48.2 Å². The van der Waals surface area contributed by atoms with Gasteiger partial charge in [-0.2, -0.15) is 5.10 Å². The molecule has 0 radical (unpaired) electrons. The zero-order valence-electron chi connectivity index (χ0n) is 15.8. The Kier molecular flexibility index (Phi) is 5.25. The Morgan fingerprint density at radius 1 is 1.22 bits per heavy atom. The molecule has 3 heterocycles. The molecule has 1 amide bonds. The summed E-state index contributed by atoms with van der Waals surface area (Å²) in [6.45, 7) is 4.90. The highest BCUT2D eigenvalue weighted by Crippen LogP contribution is 2.30. The molecule has 4 rings (SSSR count). The SMILES string of the molecule is Cc1c(C(=O)NCC2CCCN3CCCC[C@H]23)cnn1-c1ccccc1F. The minimum atomic E-state index is -0.352. The standard InChI is InChI=1S/C21H27FN4O/c1-15-17(14-24-26(15)20-10-3-2-8-18(20)22)21(27)23-13-16-7-6-12-25-11-5-4-9-19(16)25/h2-3,8,10,14,16,19H,4-7,9,11-13H2,1H3,(H,23,27)/t16?,19-/m1/s1. The summed E-state index contributed by atoms with van der Waals surface area (Å²) in [6.07, 6.45) is 7.75. The van der Waals surface area contributed by atoms with Crippen LogP contribution in [0.15, 0.2) is 30.5 Å². The van der Waals surface area contributed by atoms with Gasteiger partial charge in [0.25, 0.3) is 5.91 Å². The number of benzene rings is 1. The molecule has 2 aliphatic rings. The Labute approximate surface area is 159 Å². The summed E-state index contributed by atoms with van der Waals surface area (Å²) >= 11 is 0. The molecule has 5 nitrogen and oxygen atoms in total. The van der Waals surface area contributed by atoms with E-state index < -0.39 is 0 Å². The van der Waals surface area contributed by atoms with Crippen molar-refractivity contribution in [2.24, 2.45) is 5.92 Å². The van der Waals surface area contributed by atoms with Gasteiger partial charge in [0, 0.05) is 12.6 Å². The van der Waals surface area contributed by atoms with Gasteiger partial charge in [0.1, 0.15) is 11.5 Å². The average molecular weight is 370 g/mol. The Bertz CT molecular complexity index is 816. The highest BCUT2D eigenvalue weighted by Gasteiger charge is 2.33. The Hall–Kier alpha value is -2.21. The molecule has 6 heteroatoms. The van der Waals surface area contributed by atoms with E-state index in [1.807, 2.05) is 0 Å². The number of nitrogens with zero attached hydrogens (tertiary/aromatic N) is 3. The summed E-state index contributed by atoms with van der Waals surface area (Å²) in [7, 11) is 0. The minimum Gasteiger partial charge on any atom is -0.352 e. The number of piperidine rings is 2. The fourth-order valence-electron chi connectivity index (χ4n) is 4.63. The first-order valence-corrected chi connectivity index (χ1v) is 9.97. The van der Waals surface area contributed by atoms with Gasteiger partial charge in [0.2, 0.25) is 0 Å². The third kappa shape index (κ3) is 3.63. The number of hydrogen-bond donors (Lipinski definition) is 1. The molecule has 1 N–H and O–H groups in total. The van der Waals surface area contributed by atoms with Crippen LogP contribution in [0.25, 0.3) is 5.69 Å². The first kappa shape index (κ1) is 18.2. The van der Waals surface area contributed by atoms with E-state index in [-0.39, 0.29) is 11.7 Å². The van der Waals surface area contributed by atoms with E-state index in [9.17, 15) is 9.18 Å². The lowest BCUT2D eigenvalue weighted by atomic mass is 9.83. The number of carbonyl (C=O) groups excluding carboxylic acids is 1. The molecule has 2 aromatic rings. The molecule has 2 aliphatic heterocycles. The lowest BCUT2D eigenvalue weighted by Gasteiger charge is -2.44. The molecular weight excluding hydrogens is 343 g/mol. The van der Waals surface area contributed by atoms with Gasteiger partial charge in [0.15, 0.2) is 0 Å². The number of hydrogen-bond acceptors (Lipinski definition) is 3. The number of nitrogens with one attached hydrogen (secondary N) is 1. The molecule has 144 valence electrons. The van der Waals surface area contributed by atoms with Crippen molar-refractivity contribution in [1.82, 2.24) is 20.0 Å². The van der Waals surface area contributed by atoms with Crippen LogP contribution in [-0.4, -0.2) is 46.3 Å². The van der Waals surface area contributed by atoms with Crippen LogP contribution in [0.3, 0.4) is 0 Å². The maximum Gasteiger partial charge on any atom is 0.254 e. The minimum absolute atomic E-state index is 0.122. The van der Waals surface area contributed by atoms with Crippen molar-refractivity contribution in [2.45, 2.75) is 45.1 Å². The average Bonchev–Trinajstić information content (AvgIpc) is 3.08. The molecule has 0 spiro atoms. The normalized spacial score (nSPS) is 23.0. The first-order valence-electron chi connectivity index (χ1n) is 9.97. The van der Waals surface area contributed by atoms with Crippen LogP contribution < -0.4 is 5.32 Å². The van der Waals surface area contributed by atoms with Crippen LogP contribution in [0.5, 0.6) is 0 Å². The monoisotopic (exact) mass is 370 g/mol. The fourth-order valence-corrected chi connectivity index (χ4v) is 4.63. The molecule has 0 aliphatic carbocycles. The van der Waals surface area contributed by atoms with E-state index in [2.05, 4.69) is 15.3 Å². The van der Waals surface area contributed by atoms with Crippen molar-refractivity contribution in [3.8, 4) is 5.69 Å². The van der Waals surface area contributed by atoms with Crippen LogP contribution in [0, 0.1) is 18.7 Å². The summed E-state index contributed by atoms with van der Waals surface area (Å²) in [4.78, 5) is 15.3. The Morgan fingerprint density at radius 3 is 2.89 bits per heavy atom. The number of rotatable bonds is 4. The van der Waals surface area contributed by atoms with Crippen LogP contribution in [0.4, 0.5) is 4.39 Å². The number of aromatic nitrogens is 2. The Morgan fingerprint density at radius 2 is 2.04 bits per heavy atom. The topological polar surface area (TPSA) is 50.2 Å². The van der Waals surface area contributed by atoms with E-state index >= 15 is 0 Å². The third-order valence-electron chi connectivity index (χ3n) is 6.09. The smallest absolute Gasteiger partial charge is 0.254 e.